The molecule has 3 rings (SSSR count). The quantitative estimate of drug-likeness (QED) is 0.306. The number of nitrogens with zero attached hydrogens (tertiary/aromatic N) is 3. The van der Waals surface area contributed by atoms with E-state index in [1.165, 1.54) is 4.90 Å². The molecule has 37 heavy (non-hydrogen) atoms. The molecule has 0 bridgehead atoms. The number of hydrogen-bond donors (Lipinski definition) is 2. The molecular formula is C28H36BrN5O3. The van der Waals surface area contributed by atoms with Crippen LogP contribution in [0.3, 0.4) is 0 Å². The van der Waals surface area contributed by atoms with Crippen molar-refractivity contribution in [2.45, 2.75) is 46.5 Å². The van der Waals surface area contributed by atoms with Crippen molar-refractivity contribution in [2.24, 2.45) is 0 Å². The lowest BCUT2D eigenvalue weighted by molar-refractivity contribution is -0.116. The van der Waals surface area contributed by atoms with Gasteiger partial charge in [-0.3, -0.25) is 4.79 Å². The maximum atomic E-state index is 13.2. The smallest absolute Gasteiger partial charge is 0.322 e. The Balaban J connectivity index is 1.83. The van der Waals surface area contributed by atoms with Gasteiger partial charge in [0.2, 0.25) is 5.91 Å². The minimum absolute atomic E-state index is 0.119. The van der Waals surface area contributed by atoms with Crippen LogP contribution < -0.4 is 10.6 Å². The molecule has 3 amide bonds. The molecule has 2 aromatic carbocycles. The van der Waals surface area contributed by atoms with Crippen LogP contribution in [0.15, 0.2) is 53.0 Å². The van der Waals surface area contributed by atoms with E-state index >= 15 is 0 Å². The molecule has 2 N–H and O–H groups in total. The third-order valence-corrected chi connectivity index (χ3v) is 6.29. The SMILES string of the molecule is COCCCN(CC(=O)Nc1cc(C(C)(C)C)nn1-c1ccc(C)cc1C)C(=O)Nc1cccc(Br)c1. The van der Waals surface area contributed by atoms with E-state index in [4.69, 9.17) is 9.84 Å². The molecule has 0 saturated heterocycles. The number of rotatable bonds is 9. The minimum Gasteiger partial charge on any atom is -0.385 e. The van der Waals surface area contributed by atoms with Crippen LogP contribution in [0, 0.1) is 13.8 Å². The monoisotopic (exact) mass is 569 g/mol. The van der Waals surface area contributed by atoms with Gasteiger partial charge >= 0.3 is 6.03 Å². The van der Waals surface area contributed by atoms with Gasteiger partial charge in [0.15, 0.2) is 0 Å². The van der Waals surface area contributed by atoms with Gasteiger partial charge in [0, 0.05) is 41.9 Å². The van der Waals surface area contributed by atoms with Crippen molar-refractivity contribution in [1.29, 1.82) is 0 Å². The molecular weight excluding hydrogens is 534 g/mol. The third kappa shape index (κ3) is 7.90. The van der Waals surface area contributed by atoms with E-state index in [-0.39, 0.29) is 23.9 Å². The molecule has 3 aromatic rings. The van der Waals surface area contributed by atoms with Gasteiger partial charge in [-0.25, -0.2) is 9.48 Å². The van der Waals surface area contributed by atoms with Crippen LogP contribution in [0.2, 0.25) is 0 Å². The Kier molecular flexibility index (Phi) is 9.50. The lowest BCUT2D eigenvalue weighted by Crippen LogP contribution is -2.41. The largest absolute Gasteiger partial charge is 0.385 e. The average molecular weight is 571 g/mol. The lowest BCUT2D eigenvalue weighted by Gasteiger charge is -2.23. The molecule has 8 nitrogen and oxygen atoms in total. The van der Waals surface area contributed by atoms with Crippen molar-refractivity contribution in [3.8, 4) is 5.69 Å². The van der Waals surface area contributed by atoms with Crippen molar-refractivity contribution < 1.29 is 14.3 Å². The fraction of sp³-hybridized carbons (Fsp3) is 0.393. The zero-order valence-electron chi connectivity index (χ0n) is 22.4. The van der Waals surface area contributed by atoms with E-state index in [1.807, 2.05) is 50.2 Å². The molecule has 0 spiro atoms. The first-order valence-electron chi connectivity index (χ1n) is 12.3. The Labute approximate surface area is 227 Å². The number of aromatic nitrogens is 2. The van der Waals surface area contributed by atoms with Gasteiger partial charge in [-0.15, -0.1) is 0 Å². The fourth-order valence-corrected chi connectivity index (χ4v) is 4.24. The van der Waals surface area contributed by atoms with Gasteiger partial charge in [0.1, 0.15) is 12.4 Å². The highest BCUT2D eigenvalue weighted by atomic mass is 79.9. The van der Waals surface area contributed by atoms with Gasteiger partial charge in [-0.05, 0) is 50.1 Å². The number of benzene rings is 2. The van der Waals surface area contributed by atoms with E-state index in [9.17, 15) is 9.59 Å². The first-order chi connectivity index (χ1) is 17.5. The summed E-state index contributed by atoms with van der Waals surface area (Å²) in [6, 6.07) is 15.0. The van der Waals surface area contributed by atoms with E-state index < -0.39 is 0 Å². The number of anilines is 2. The van der Waals surface area contributed by atoms with Crippen molar-refractivity contribution >= 4 is 39.4 Å². The summed E-state index contributed by atoms with van der Waals surface area (Å²) < 4.78 is 7.77. The summed E-state index contributed by atoms with van der Waals surface area (Å²) in [7, 11) is 1.61. The van der Waals surface area contributed by atoms with Crippen LogP contribution in [-0.2, 0) is 14.9 Å². The number of hydrogen-bond acceptors (Lipinski definition) is 4. The highest BCUT2D eigenvalue weighted by Crippen LogP contribution is 2.28. The van der Waals surface area contributed by atoms with Crippen LogP contribution >= 0.6 is 15.9 Å². The topological polar surface area (TPSA) is 88.5 Å². The summed E-state index contributed by atoms with van der Waals surface area (Å²) in [6.45, 7) is 11.0. The fourth-order valence-electron chi connectivity index (χ4n) is 3.84. The second-order valence-electron chi connectivity index (χ2n) is 10.1. The zero-order valence-corrected chi connectivity index (χ0v) is 24.0. The van der Waals surface area contributed by atoms with Crippen molar-refractivity contribution in [3.63, 3.8) is 0 Å². The third-order valence-electron chi connectivity index (χ3n) is 5.80. The van der Waals surface area contributed by atoms with Crippen LogP contribution in [-0.4, -0.2) is 53.4 Å². The number of aryl methyl sites for hydroxylation is 2. The number of ether oxygens (including phenoxy) is 1. The zero-order chi connectivity index (χ0) is 27.2. The standard InChI is InChI=1S/C28H36BrN5O3/c1-19-11-12-23(20(2)15-19)34-25(17-24(32-34)28(3,4)5)31-26(35)18-33(13-8-14-37-6)27(36)30-22-10-7-9-21(29)16-22/h7,9-12,15-17H,8,13-14,18H2,1-6H3,(H,30,36)(H,31,35). The van der Waals surface area contributed by atoms with E-state index in [1.54, 1.807) is 17.9 Å². The molecule has 9 heteroatoms. The average Bonchev–Trinajstić information content (AvgIpc) is 3.22. The number of halogens is 1. The highest BCUT2D eigenvalue weighted by Gasteiger charge is 2.23. The van der Waals surface area contributed by atoms with E-state index in [0.29, 0.717) is 31.1 Å². The summed E-state index contributed by atoms with van der Waals surface area (Å²) in [5, 5.41) is 10.7. The van der Waals surface area contributed by atoms with Gasteiger partial charge in [0.05, 0.1) is 11.4 Å². The Morgan fingerprint density at radius 1 is 1.08 bits per heavy atom. The predicted octanol–water partition coefficient (Wildman–Crippen LogP) is 6.06. The number of carbonyl (C=O) groups is 2. The summed E-state index contributed by atoms with van der Waals surface area (Å²) in [5.74, 6) is 0.249. The summed E-state index contributed by atoms with van der Waals surface area (Å²) in [4.78, 5) is 27.8. The van der Waals surface area contributed by atoms with Gasteiger partial charge in [-0.1, -0.05) is 60.5 Å². The van der Waals surface area contributed by atoms with Crippen LogP contribution in [0.1, 0.15) is 44.0 Å². The van der Waals surface area contributed by atoms with Crippen LogP contribution in [0.5, 0.6) is 0 Å². The second-order valence-corrected chi connectivity index (χ2v) is 11.0. The molecule has 1 aromatic heterocycles. The van der Waals surface area contributed by atoms with Gasteiger partial charge in [0.25, 0.3) is 0 Å². The first-order valence-corrected chi connectivity index (χ1v) is 13.1. The molecule has 0 aliphatic heterocycles. The summed E-state index contributed by atoms with van der Waals surface area (Å²) in [5.41, 5.74) is 4.37. The van der Waals surface area contributed by atoms with Gasteiger partial charge in [-0.2, -0.15) is 5.10 Å². The Hall–Kier alpha value is -3.17. The van der Waals surface area contributed by atoms with Gasteiger partial charge < -0.3 is 20.3 Å². The second kappa shape index (κ2) is 12.4. The number of methoxy groups -OCH3 is 1. The molecule has 0 aliphatic carbocycles. The number of carbonyl (C=O) groups excluding carboxylic acids is 2. The van der Waals surface area contributed by atoms with E-state index in [0.717, 1.165) is 27.0 Å². The number of nitrogens with one attached hydrogen (secondary N) is 2. The molecule has 0 aliphatic rings. The molecule has 0 atom stereocenters. The molecule has 0 fully saturated rings. The Morgan fingerprint density at radius 3 is 2.49 bits per heavy atom. The maximum absolute atomic E-state index is 13.2. The number of amides is 3. The van der Waals surface area contributed by atoms with Crippen LogP contribution in [0.25, 0.3) is 5.69 Å². The summed E-state index contributed by atoms with van der Waals surface area (Å²) in [6.07, 6.45) is 0.602. The van der Waals surface area contributed by atoms with Crippen molar-refractivity contribution in [2.75, 3.05) is 37.4 Å². The van der Waals surface area contributed by atoms with Crippen LogP contribution in [0.4, 0.5) is 16.3 Å². The normalized spacial score (nSPS) is 11.3. The summed E-state index contributed by atoms with van der Waals surface area (Å²) >= 11 is 3.41. The Bertz CT molecular complexity index is 1250. The Morgan fingerprint density at radius 2 is 1.84 bits per heavy atom. The van der Waals surface area contributed by atoms with Crippen molar-refractivity contribution in [3.05, 3.63) is 69.8 Å². The first kappa shape index (κ1) is 28.4. The predicted molar refractivity (Wildman–Crippen MR) is 152 cm³/mol. The molecule has 198 valence electrons. The highest BCUT2D eigenvalue weighted by molar-refractivity contribution is 9.10. The molecule has 0 radical (unpaired) electrons. The van der Waals surface area contributed by atoms with Crippen molar-refractivity contribution in [1.82, 2.24) is 14.7 Å². The maximum Gasteiger partial charge on any atom is 0.322 e. The molecule has 0 unspecified atom stereocenters. The number of urea groups is 1. The molecule has 0 saturated carbocycles. The lowest BCUT2D eigenvalue weighted by atomic mass is 9.92. The molecule has 1 heterocycles. The van der Waals surface area contributed by atoms with E-state index in [2.05, 4.69) is 53.4 Å². The minimum atomic E-state index is -0.359.